The van der Waals surface area contributed by atoms with E-state index in [0.29, 0.717) is 5.41 Å². The molecule has 1 saturated carbocycles. The Hall–Kier alpha value is -0.780. The van der Waals surface area contributed by atoms with E-state index < -0.39 is 0 Å². The van der Waals surface area contributed by atoms with Crippen molar-refractivity contribution in [1.82, 2.24) is 0 Å². The maximum Gasteiger partial charge on any atom is -0.00460 e. The van der Waals surface area contributed by atoms with Gasteiger partial charge in [-0.1, -0.05) is 52.0 Å². The zero-order valence-corrected chi connectivity index (χ0v) is 10.4. The molecule has 0 heterocycles. The van der Waals surface area contributed by atoms with Gasteiger partial charge in [-0.25, -0.2) is 0 Å². The van der Waals surface area contributed by atoms with Gasteiger partial charge in [0.15, 0.2) is 0 Å². The second kappa shape index (κ2) is 3.37. The Kier molecular flexibility index (Phi) is 2.41. The second-order valence-electron chi connectivity index (χ2n) is 5.93. The smallest absolute Gasteiger partial charge is 0.00460 e. The molecular formula is C15H22. The molecule has 0 nitrogen and oxygen atoms in total. The predicted molar refractivity (Wildman–Crippen MR) is 66.3 cm³/mol. The Bertz CT molecular complexity index is 351. The largest absolute Gasteiger partial charge is 0.0645 e. The molecule has 0 unspecified atom stereocenters. The molecule has 0 N–H and O–H groups in total. The zero-order chi connectivity index (χ0) is 11.1. The molecular weight excluding hydrogens is 180 g/mol. The minimum absolute atomic E-state index is 0.279. The zero-order valence-electron chi connectivity index (χ0n) is 10.4. The van der Waals surface area contributed by atoms with Gasteiger partial charge < -0.3 is 0 Å². The van der Waals surface area contributed by atoms with Gasteiger partial charge in [-0.05, 0) is 41.2 Å². The topological polar surface area (TPSA) is 0 Å². The van der Waals surface area contributed by atoms with Crippen LogP contribution in [0, 0.1) is 0 Å². The van der Waals surface area contributed by atoms with Gasteiger partial charge in [0.1, 0.15) is 0 Å². The Morgan fingerprint density at radius 2 is 1.73 bits per heavy atom. The molecule has 82 valence electrons. The van der Waals surface area contributed by atoms with Crippen LogP contribution in [0.2, 0.25) is 0 Å². The first-order chi connectivity index (χ1) is 6.99. The first-order valence-corrected chi connectivity index (χ1v) is 6.10. The lowest BCUT2D eigenvalue weighted by molar-refractivity contribution is 0.558. The van der Waals surface area contributed by atoms with E-state index in [2.05, 4.69) is 52.0 Å². The number of benzene rings is 1. The molecule has 0 bridgehead atoms. The van der Waals surface area contributed by atoms with E-state index in [9.17, 15) is 0 Å². The van der Waals surface area contributed by atoms with E-state index in [0.717, 1.165) is 0 Å². The average molecular weight is 202 g/mol. The van der Waals surface area contributed by atoms with Crippen molar-refractivity contribution >= 4 is 0 Å². The molecule has 2 rings (SSSR count). The summed E-state index contributed by atoms with van der Waals surface area (Å²) in [6.07, 6.45) is 4.06. The van der Waals surface area contributed by atoms with E-state index in [4.69, 9.17) is 0 Å². The Labute approximate surface area is 93.7 Å². The Morgan fingerprint density at radius 3 is 2.20 bits per heavy atom. The highest BCUT2D eigenvalue weighted by atomic mass is 14.5. The fourth-order valence-corrected chi connectivity index (χ4v) is 2.56. The highest BCUT2D eigenvalue weighted by molar-refractivity contribution is 5.41. The molecule has 0 saturated heterocycles. The van der Waals surface area contributed by atoms with Gasteiger partial charge in [-0.3, -0.25) is 0 Å². The first-order valence-electron chi connectivity index (χ1n) is 6.10. The summed E-state index contributed by atoms with van der Waals surface area (Å²) in [7, 11) is 0. The quantitative estimate of drug-likeness (QED) is 0.665. The lowest BCUT2D eigenvalue weighted by Crippen LogP contribution is -2.18. The van der Waals surface area contributed by atoms with E-state index in [1.54, 1.807) is 11.1 Å². The minimum Gasteiger partial charge on any atom is -0.0645 e. The maximum atomic E-state index is 2.34. The lowest BCUT2D eigenvalue weighted by Gasteiger charge is -2.27. The molecule has 1 aromatic rings. The second-order valence-corrected chi connectivity index (χ2v) is 5.93. The molecule has 0 heteroatoms. The van der Waals surface area contributed by atoms with Crippen LogP contribution >= 0.6 is 0 Å². The number of rotatable bonds is 2. The molecule has 1 aromatic carbocycles. The van der Waals surface area contributed by atoms with Gasteiger partial charge in [-0.15, -0.1) is 0 Å². The van der Waals surface area contributed by atoms with Crippen LogP contribution < -0.4 is 0 Å². The Morgan fingerprint density at radius 1 is 1.13 bits per heavy atom. The summed E-state index contributed by atoms with van der Waals surface area (Å²) in [4.78, 5) is 0. The number of hydrogen-bond donors (Lipinski definition) is 0. The summed E-state index contributed by atoms with van der Waals surface area (Å²) >= 11 is 0. The molecule has 0 atom stereocenters. The maximum absolute atomic E-state index is 2.34. The SMILES string of the molecule is CCC1(c2ccccc2C(C)(C)C)CC1. The summed E-state index contributed by atoms with van der Waals surface area (Å²) < 4.78 is 0. The molecule has 0 spiro atoms. The van der Waals surface area contributed by atoms with Crippen molar-refractivity contribution in [3.8, 4) is 0 Å². The summed E-state index contributed by atoms with van der Waals surface area (Å²) in [6.45, 7) is 9.28. The molecule has 0 amide bonds. The summed E-state index contributed by atoms with van der Waals surface area (Å²) in [5.41, 5.74) is 3.97. The van der Waals surface area contributed by atoms with Crippen LogP contribution in [0.5, 0.6) is 0 Å². The van der Waals surface area contributed by atoms with Crippen LogP contribution in [0.3, 0.4) is 0 Å². The van der Waals surface area contributed by atoms with Crippen molar-refractivity contribution in [3.63, 3.8) is 0 Å². The van der Waals surface area contributed by atoms with Gasteiger partial charge in [-0.2, -0.15) is 0 Å². The molecule has 1 aliphatic carbocycles. The van der Waals surface area contributed by atoms with Crippen LogP contribution in [-0.4, -0.2) is 0 Å². The molecule has 0 aliphatic heterocycles. The van der Waals surface area contributed by atoms with Crippen molar-refractivity contribution in [2.45, 2.75) is 57.8 Å². The Balaban J connectivity index is 2.48. The van der Waals surface area contributed by atoms with Crippen LogP contribution in [0.1, 0.15) is 58.1 Å². The van der Waals surface area contributed by atoms with Crippen molar-refractivity contribution in [1.29, 1.82) is 0 Å². The standard InChI is InChI=1S/C15H22/c1-5-15(10-11-15)13-9-7-6-8-12(13)14(2,3)4/h6-9H,5,10-11H2,1-4H3. The third-order valence-corrected chi connectivity index (χ3v) is 3.84. The average Bonchev–Trinajstić information content (AvgIpc) is 2.97. The highest BCUT2D eigenvalue weighted by Gasteiger charge is 2.44. The predicted octanol–water partition coefficient (Wildman–Crippen LogP) is 4.43. The van der Waals surface area contributed by atoms with Crippen molar-refractivity contribution < 1.29 is 0 Å². The summed E-state index contributed by atoms with van der Waals surface area (Å²) in [6, 6.07) is 9.03. The van der Waals surface area contributed by atoms with E-state index >= 15 is 0 Å². The molecule has 15 heavy (non-hydrogen) atoms. The van der Waals surface area contributed by atoms with Crippen molar-refractivity contribution in [2.24, 2.45) is 0 Å². The van der Waals surface area contributed by atoms with Crippen LogP contribution in [0.25, 0.3) is 0 Å². The van der Waals surface area contributed by atoms with Gasteiger partial charge in [0.25, 0.3) is 0 Å². The molecule has 1 aliphatic rings. The van der Waals surface area contributed by atoms with Gasteiger partial charge >= 0.3 is 0 Å². The first kappa shape index (κ1) is 10.7. The minimum atomic E-state index is 0.279. The lowest BCUT2D eigenvalue weighted by atomic mass is 9.78. The van der Waals surface area contributed by atoms with Crippen LogP contribution in [-0.2, 0) is 10.8 Å². The summed E-state index contributed by atoms with van der Waals surface area (Å²) in [5.74, 6) is 0. The molecule has 0 aromatic heterocycles. The van der Waals surface area contributed by atoms with Crippen LogP contribution in [0.15, 0.2) is 24.3 Å². The van der Waals surface area contributed by atoms with E-state index in [1.165, 1.54) is 19.3 Å². The van der Waals surface area contributed by atoms with Gasteiger partial charge in [0.2, 0.25) is 0 Å². The highest BCUT2D eigenvalue weighted by Crippen LogP contribution is 2.53. The monoisotopic (exact) mass is 202 g/mol. The third-order valence-electron chi connectivity index (χ3n) is 3.84. The molecule has 0 radical (unpaired) electrons. The molecule has 1 fully saturated rings. The van der Waals surface area contributed by atoms with Crippen LogP contribution in [0.4, 0.5) is 0 Å². The van der Waals surface area contributed by atoms with E-state index in [-0.39, 0.29) is 5.41 Å². The van der Waals surface area contributed by atoms with E-state index in [1.807, 2.05) is 0 Å². The van der Waals surface area contributed by atoms with Crippen molar-refractivity contribution in [2.75, 3.05) is 0 Å². The third kappa shape index (κ3) is 1.82. The van der Waals surface area contributed by atoms with Gasteiger partial charge in [0.05, 0.1) is 0 Å². The number of hydrogen-bond acceptors (Lipinski definition) is 0. The fraction of sp³-hybridized carbons (Fsp3) is 0.600. The summed E-state index contributed by atoms with van der Waals surface area (Å²) in [5, 5.41) is 0. The van der Waals surface area contributed by atoms with Crippen molar-refractivity contribution in [3.05, 3.63) is 35.4 Å². The normalized spacial score (nSPS) is 18.9. The van der Waals surface area contributed by atoms with Gasteiger partial charge in [0, 0.05) is 0 Å². The fourth-order valence-electron chi connectivity index (χ4n) is 2.56.